The molecule has 214 valence electrons. The van der Waals surface area contributed by atoms with Crippen molar-refractivity contribution < 1.29 is 13.2 Å². The van der Waals surface area contributed by atoms with Gasteiger partial charge >= 0.3 is 6.18 Å². The Morgan fingerprint density at radius 2 is 1.57 bits per heavy atom. The predicted molar refractivity (Wildman–Crippen MR) is 166 cm³/mol. The molecule has 1 N–H and O–H groups in total. The first-order valence-electron chi connectivity index (χ1n) is 14.5. The molecule has 3 aliphatic carbocycles. The Hall–Kier alpha value is -5.20. The zero-order valence-corrected chi connectivity index (χ0v) is 24.0. The van der Waals surface area contributed by atoms with Gasteiger partial charge in [-0.25, -0.2) is 0 Å². The van der Waals surface area contributed by atoms with E-state index in [2.05, 4.69) is 37.3 Å². The minimum absolute atomic E-state index is 0.00958. The summed E-state index contributed by atoms with van der Waals surface area (Å²) in [5.41, 5.74) is 7.04. The Morgan fingerprint density at radius 1 is 0.864 bits per heavy atom. The van der Waals surface area contributed by atoms with Gasteiger partial charge in [-0.05, 0) is 79.9 Å². The van der Waals surface area contributed by atoms with Crippen LogP contribution < -0.4 is 0 Å². The second-order valence-corrected chi connectivity index (χ2v) is 12.0. The molecule has 44 heavy (non-hydrogen) atoms. The van der Waals surface area contributed by atoms with E-state index in [1.54, 1.807) is 12.1 Å². The number of allylic oxidation sites excluding steroid dienone is 6. The lowest BCUT2D eigenvalue weighted by Gasteiger charge is -2.34. The van der Waals surface area contributed by atoms with Crippen molar-refractivity contribution >= 4 is 27.6 Å². The summed E-state index contributed by atoms with van der Waals surface area (Å²) < 4.78 is 39.9. The molecule has 4 atom stereocenters. The van der Waals surface area contributed by atoms with Crippen LogP contribution in [-0.2, 0) is 11.6 Å². The minimum atomic E-state index is -4.41. The van der Waals surface area contributed by atoms with Crippen molar-refractivity contribution in [3.05, 3.63) is 130 Å². The summed E-state index contributed by atoms with van der Waals surface area (Å²) in [5.74, 6) is -0.568. The van der Waals surface area contributed by atoms with Crippen LogP contribution in [0, 0.1) is 45.8 Å². The van der Waals surface area contributed by atoms with E-state index in [1.165, 1.54) is 12.1 Å². The molecule has 0 fully saturated rings. The maximum absolute atomic E-state index is 13.3. The molecule has 0 heterocycles. The molecule has 0 bridgehead atoms. The van der Waals surface area contributed by atoms with Crippen LogP contribution >= 0.6 is 0 Å². The summed E-state index contributed by atoms with van der Waals surface area (Å²) in [6.45, 7) is 4.20. The summed E-state index contributed by atoms with van der Waals surface area (Å²) in [6.07, 6.45) is 1.64. The molecule has 0 aliphatic heterocycles. The largest absolute Gasteiger partial charge is 0.416 e. The van der Waals surface area contributed by atoms with E-state index in [0.29, 0.717) is 16.8 Å². The van der Waals surface area contributed by atoms with Crippen LogP contribution in [0.15, 0.2) is 103 Å². The number of nitriles is 2. The molecule has 0 saturated carbocycles. The second-order valence-electron chi connectivity index (χ2n) is 12.0. The van der Waals surface area contributed by atoms with Crippen molar-refractivity contribution in [1.82, 2.24) is 0 Å². The lowest BCUT2D eigenvalue weighted by atomic mass is 9.67. The number of nitrogens with zero attached hydrogens (tertiary/aromatic N) is 2. The van der Waals surface area contributed by atoms with E-state index in [-0.39, 0.29) is 17.8 Å². The highest BCUT2D eigenvalue weighted by Crippen LogP contribution is 2.64. The first kappa shape index (κ1) is 27.6. The van der Waals surface area contributed by atoms with Crippen LogP contribution in [0.5, 0.6) is 0 Å². The molecule has 7 rings (SSSR count). The Kier molecular flexibility index (Phi) is 6.06. The molecule has 0 saturated heterocycles. The summed E-state index contributed by atoms with van der Waals surface area (Å²) in [6, 6.07) is 27.3. The van der Waals surface area contributed by atoms with Crippen LogP contribution in [0.25, 0.3) is 33.0 Å². The van der Waals surface area contributed by atoms with Gasteiger partial charge in [0, 0.05) is 22.6 Å². The van der Waals surface area contributed by atoms with Crippen LogP contribution in [0.1, 0.15) is 41.7 Å². The van der Waals surface area contributed by atoms with Gasteiger partial charge in [0.15, 0.2) is 0 Å². The number of fused-ring (bicyclic) bond motifs is 3. The van der Waals surface area contributed by atoms with Crippen molar-refractivity contribution in [3.63, 3.8) is 0 Å². The fourth-order valence-corrected chi connectivity index (χ4v) is 7.53. The Morgan fingerprint density at radius 3 is 2.20 bits per heavy atom. The van der Waals surface area contributed by atoms with Crippen LogP contribution in [0.4, 0.5) is 13.2 Å². The zero-order chi connectivity index (χ0) is 31.0. The van der Waals surface area contributed by atoms with Crippen molar-refractivity contribution in [3.8, 4) is 23.3 Å². The fraction of sp³-hybridized carbons (Fsp3) is 0.184. The van der Waals surface area contributed by atoms with Gasteiger partial charge in [-0.15, -0.1) is 0 Å². The van der Waals surface area contributed by atoms with Gasteiger partial charge in [-0.2, -0.15) is 23.7 Å². The summed E-state index contributed by atoms with van der Waals surface area (Å²) >= 11 is 0. The third kappa shape index (κ3) is 3.84. The van der Waals surface area contributed by atoms with Crippen LogP contribution in [0.3, 0.4) is 0 Å². The molecule has 0 aromatic heterocycles. The molecule has 4 aromatic rings. The average Bonchev–Trinajstić information content (AvgIpc) is 3.41. The van der Waals surface area contributed by atoms with Crippen LogP contribution in [-0.4, -0.2) is 5.71 Å². The molecular weight excluding hydrogens is 555 g/mol. The normalized spacial score (nSPS) is 23.8. The third-order valence-electron chi connectivity index (χ3n) is 9.60. The van der Waals surface area contributed by atoms with E-state index in [9.17, 15) is 29.1 Å². The number of nitrogens with one attached hydrogen (secondary N) is 1. The molecule has 0 radical (unpaired) electrons. The average molecular weight is 582 g/mol. The smallest absolute Gasteiger partial charge is 0.304 e. The highest BCUT2D eigenvalue weighted by molar-refractivity contribution is 6.39. The van der Waals surface area contributed by atoms with Crippen LogP contribution in [0.2, 0.25) is 0 Å². The lowest BCUT2D eigenvalue weighted by Crippen LogP contribution is -2.33. The molecule has 4 aromatic carbocycles. The monoisotopic (exact) mass is 581 g/mol. The van der Waals surface area contributed by atoms with Gasteiger partial charge < -0.3 is 5.41 Å². The fourth-order valence-electron chi connectivity index (χ4n) is 7.53. The first-order valence-corrected chi connectivity index (χ1v) is 14.5. The number of hydrogen-bond donors (Lipinski definition) is 1. The van der Waals surface area contributed by atoms with Gasteiger partial charge in [0.2, 0.25) is 0 Å². The number of halogens is 3. The second kappa shape index (κ2) is 9.66. The maximum Gasteiger partial charge on any atom is 0.416 e. The first-order chi connectivity index (χ1) is 21.1. The molecule has 6 heteroatoms. The lowest BCUT2D eigenvalue weighted by molar-refractivity contribution is -0.137. The standard InChI is InChI=1S/C38H26F3N3/c1-21-18-25(10-11-26(21)20-43)34-36(44)32(24-8-6-22(19-42)7-9-24)35-30-5-3-4-29-28(16-17-31(33(29)30)37(34,35)2)23-12-14-27(15-13-23)38(39,40)41/h3-18,21,26,34,44H,1-2H3/t21?,26?,34?,37-/m1/s1. The predicted octanol–water partition coefficient (Wildman–Crippen LogP) is 9.50. The summed E-state index contributed by atoms with van der Waals surface area (Å²) in [4.78, 5) is 0. The van der Waals surface area contributed by atoms with E-state index < -0.39 is 17.2 Å². The molecule has 0 spiro atoms. The summed E-state index contributed by atoms with van der Waals surface area (Å²) in [5, 5.41) is 30.7. The topological polar surface area (TPSA) is 71.4 Å². The van der Waals surface area contributed by atoms with Gasteiger partial charge in [0.1, 0.15) is 0 Å². The number of hydrogen-bond acceptors (Lipinski definition) is 3. The Labute approximate surface area is 253 Å². The minimum Gasteiger partial charge on any atom is -0.304 e. The van der Waals surface area contributed by atoms with Gasteiger partial charge in [0.05, 0.1) is 29.2 Å². The van der Waals surface area contributed by atoms with Crippen molar-refractivity contribution in [2.24, 2.45) is 17.8 Å². The third-order valence-corrected chi connectivity index (χ3v) is 9.60. The molecular formula is C38H26F3N3. The number of rotatable bonds is 3. The highest BCUT2D eigenvalue weighted by atomic mass is 19.4. The molecule has 3 aliphatic rings. The van der Waals surface area contributed by atoms with Crippen molar-refractivity contribution in [1.29, 1.82) is 15.9 Å². The SMILES string of the molecule is CC1C=C(C2C(=N)C(c3ccc(C#N)cc3)=C3c4cccc5c(-c6ccc(C(F)(F)F)cc6)ccc(c45)[C@@]32C)C=CC1C#N. The Bertz CT molecular complexity index is 2070. The number of alkyl halides is 3. The number of benzene rings is 4. The van der Waals surface area contributed by atoms with Crippen molar-refractivity contribution in [2.45, 2.75) is 25.4 Å². The van der Waals surface area contributed by atoms with E-state index in [4.69, 9.17) is 0 Å². The van der Waals surface area contributed by atoms with Crippen molar-refractivity contribution in [2.75, 3.05) is 0 Å². The molecule has 3 nitrogen and oxygen atoms in total. The molecule has 0 amide bonds. The Balaban J connectivity index is 1.48. The van der Waals surface area contributed by atoms with Gasteiger partial charge in [-0.3, -0.25) is 0 Å². The summed E-state index contributed by atoms with van der Waals surface area (Å²) in [7, 11) is 0. The highest BCUT2D eigenvalue weighted by Gasteiger charge is 2.55. The maximum atomic E-state index is 13.3. The van der Waals surface area contributed by atoms with E-state index in [0.717, 1.165) is 61.9 Å². The van der Waals surface area contributed by atoms with Gasteiger partial charge in [-0.1, -0.05) is 86.7 Å². The van der Waals surface area contributed by atoms with E-state index in [1.807, 2.05) is 49.4 Å². The molecule has 3 unspecified atom stereocenters. The van der Waals surface area contributed by atoms with Gasteiger partial charge in [0.25, 0.3) is 0 Å². The zero-order valence-electron chi connectivity index (χ0n) is 24.0. The van der Waals surface area contributed by atoms with E-state index >= 15 is 0 Å². The quantitative estimate of drug-likeness (QED) is 0.262.